The van der Waals surface area contributed by atoms with E-state index < -0.39 is 0 Å². The molecule has 0 aromatic rings. The zero-order valence-electron chi connectivity index (χ0n) is 7.50. The molecule has 0 aliphatic rings. The van der Waals surface area contributed by atoms with E-state index >= 15 is 0 Å². The largest absolute Gasteiger partial charge is 0.383 e. The van der Waals surface area contributed by atoms with Crippen LogP contribution < -0.4 is 5.73 Å². The predicted octanol–water partition coefficient (Wildman–Crippen LogP) is 2.31. The number of aliphatic imine (C=N–C) groups is 1. The van der Waals surface area contributed by atoms with Gasteiger partial charge in [-0.1, -0.05) is 37.1 Å². The number of nitrogens with zero attached hydrogens (tertiary/aromatic N) is 1. The highest BCUT2D eigenvalue weighted by Crippen LogP contribution is 2.22. The predicted molar refractivity (Wildman–Crippen MR) is 58.2 cm³/mol. The molecule has 0 spiro atoms. The van der Waals surface area contributed by atoms with Crippen molar-refractivity contribution in [3.63, 3.8) is 0 Å². The molecule has 0 aromatic heterocycles. The third-order valence-corrected chi connectivity index (χ3v) is 2.08. The van der Waals surface area contributed by atoms with E-state index in [0.29, 0.717) is 5.84 Å². The SMILES string of the molecule is C=C/C=C(\C)SC(=C)/C(N)=N\C. The van der Waals surface area contributed by atoms with Crippen LogP contribution >= 0.6 is 11.8 Å². The van der Waals surface area contributed by atoms with Gasteiger partial charge >= 0.3 is 0 Å². The summed E-state index contributed by atoms with van der Waals surface area (Å²) in [5, 5.41) is 0. The minimum Gasteiger partial charge on any atom is -0.383 e. The van der Waals surface area contributed by atoms with Gasteiger partial charge in [0.15, 0.2) is 0 Å². The maximum atomic E-state index is 5.54. The van der Waals surface area contributed by atoms with Crippen LogP contribution in [0.2, 0.25) is 0 Å². The Hall–Kier alpha value is -0.960. The second-order valence-corrected chi connectivity index (χ2v) is 3.49. The molecular formula is C9H14N2S. The molecule has 0 saturated heterocycles. The van der Waals surface area contributed by atoms with E-state index in [4.69, 9.17) is 5.73 Å². The summed E-state index contributed by atoms with van der Waals surface area (Å²) in [5.74, 6) is 0.483. The van der Waals surface area contributed by atoms with Crippen LogP contribution in [-0.4, -0.2) is 12.9 Å². The first-order chi connectivity index (χ1) is 5.61. The van der Waals surface area contributed by atoms with Crippen molar-refractivity contribution in [2.75, 3.05) is 7.05 Å². The van der Waals surface area contributed by atoms with E-state index in [9.17, 15) is 0 Å². The zero-order chi connectivity index (χ0) is 9.56. The highest BCUT2D eigenvalue weighted by Gasteiger charge is 1.99. The van der Waals surface area contributed by atoms with Gasteiger partial charge in [-0.25, -0.2) is 0 Å². The number of rotatable bonds is 4. The van der Waals surface area contributed by atoms with Crippen LogP contribution in [0.25, 0.3) is 0 Å². The average Bonchev–Trinajstić information content (AvgIpc) is 2.03. The second-order valence-electron chi connectivity index (χ2n) is 2.15. The van der Waals surface area contributed by atoms with E-state index in [-0.39, 0.29) is 0 Å². The van der Waals surface area contributed by atoms with Gasteiger partial charge in [-0.15, -0.1) is 0 Å². The molecule has 2 nitrogen and oxygen atoms in total. The fourth-order valence-corrected chi connectivity index (χ4v) is 1.32. The van der Waals surface area contributed by atoms with Gasteiger partial charge in [0.2, 0.25) is 0 Å². The lowest BCUT2D eigenvalue weighted by molar-refractivity contribution is 1.41. The fourth-order valence-electron chi connectivity index (χ4n) is 0.571. The van der Waals surface area contributed by atoms with Crippen molar-refractivity contribution in [3.8, 4) is 0 Å². The van der Waals surface area contributed by atoms with E-state index in [1.165, 1.54) is 11.8 Å². The van der Waals surface area contributed by atoms with Crippen molar-refractivity contribution in [1.82, 2.24) is 0 Å². The zero-order valence-corrected chi connectivity index (χ0v) is 8.32. The van der Waals surface area contributed by atoms with Gasteiger partial charge < -0.3 is 5.73 Å². The molecule has 0 saturated carbocycles. The molecule has 0 amide bonds. The van der Waals surface area contributed by atoms with Gasteiger partial charge in [0.05, 0.1) is 0 Å². The molecule has 0 aromatic carbocycles. The molecule has 66 valence electrons. The molecule has 0 atom stereocenters. The van der Waals surface area contributed by atoms with Gasteiger partial charge in [-0.2, -0.15) is 0 Å². The Kier molecular flexibility index (Phi) is 5.21. The summed E-state index contributed by atoms with van der Waals surface area (Å²) in [5.41, 5.74) is 5.54. The van der Waals surface area contributed by atoms with Crippen LogP contribution in [0.15, 0.2) is 40.1 Å². The number of hydrogen-bond acceptors (Lipinski definition) is 2. The summed E-state index contributed by atoms with van der Waals surface area (Å²) < 4.78 is 0. The highest BCUT2D eigenvalue weighted by atomic mass is 32.2. The Morgan fingerprint density at radius 3 is 2.58 bits per heavy atom. The van der Waals surface area contributed by atoms with Crippen molar-refractivity contribution in [2.45, 2.75) is 6.92 Å². The molecule has 2 N–H and O–H groups in total. The number of allylic oxidation sites excluding steroid dienone is 3. The summed E-state index contributed by atoms with van der Waals surface area (Å²) in [4.78, 5) is 5.69. The fraction of sp³-hybridized carbons (Fsp3) is 0.222. The van der Waals surface area contributed by atoms with Crippen LogP contribution in [-0.2, 0) is 0 Å². The average molecular weight is 182 g/mol. The topological polar surface area (TPSA) is 38.4 Å². The van der Waals surface area contributed by atoms with Crippen molar-refractivity contribution >= 4 is 17.6 Å². The monoisotopic (exact) mass is 182 g/mol. The van der Waals surface area contributed by atoms with Crippen LogP contribution in [0, 0.1) is 0 Å². The standard InChI is InChI=1S/C9H14N2S/c1-5-6-7(2)12-8(3)9(10)11-4/h5-6H,1,3H2,2,4H3,(H2,10,11)/b7-6+. The Balaban J connectivity index is 4.19. The van der Waals surface area contributed by atoms with E-state index in [1.54, 1.807) is 13.1 Å². The van der Waals surface area contributed by atoms with Crippen LogP contribution in [0.3, 0.4) is 0 Å². The van der Waals surface area contributed by atoms with Gasteiger partial charge in [0, 0.05) is 12.0 Å². The summed E-state index contributed by atoms with van der Waals surface area (Å²) in [7, 11) is 1.65. The minimum atomic E-state index is 0.483. The summed E-state index contributed by atoms with van der Waals surface area (Å²) in [6.07, 6.45) is 3.63. The number of thioether (sulfide) groups is 1. The van der Waals surface area contributed by atoms with Gasteiger partial charge in [0.25, 0.3) is 0 Å². The summed E-state index contributed by atoms with van der Waals surface area (Å²) in [6, 6.07) is 0. The maximum absolute atomic E-state index is 5.54. The normalized spacial score (nSPS) is 12.8. The third kappa shape index (κ3) is 4.03. The van der Waals surface area contributed by atoms with E-state index in [2.05, 4.69) is 18.2 Å². The van der Waals surface area contributed by atoms with Crippen molar-refractivity contribution in [3.05, 3.63) is 35.1 Å². The molecular weight excluding hydrogens is 168 g/mol. The number of nitrogens with two attached hydrogens (primary N) is 1. The first-order valence-electron chi connectivity index (χ1n) is 3.50. The van der Waals surface area contributed by atoms with E-state index in [0.717, 1.165) is 9.81 Å². The Morgan fingerprint density at radius 1 is 1.58 bits per heavy atom. The lowest BCUT2D eigenvalue weighted by Gasteiger charge is -2.02. The smallest absolute Gasteiger partial charge is 0.131 e. The number of amidine groups is 1. The summed E-state index contributed by atoms with van der Waals surface area (Å²) >= 11 is 1.50. The molecule has 0 radical (unpaired) electrons. The molecule has 0 bridgehead atoms. The van der Waals surface area contributed by atoms with Crippen LogP contribution in [0.1, 0.15) is 6.92 Å². The third-order valence-electron chi connectivity index (χ3n) is 1.16. The van der Waals surface area contributed by atoms with Gasteiger partial charge in [-0.3, -0.25) is 4.99 Å². The van der Waals surface area contributed by atoms with E-state index in [1.807, 2.05) is 13.0 Å². The van der Waals surface area contributed by atoms with Crippen molar-refractivity contribution in [2.24, 2.45) is 10.7 Å². The maximum Gasteiger partial charge on any atom is 0.131 e. The molecule has 0 aliphatic carbocycles. The minimum absolute atomic E-state index is 0.483. The summed E-state index contributed by atoms with van der Waals surface area (Å²) in [6.45, 7) is 9.34. The number of hydrogen-bond donors (Lipinski definition) is 1. The Bertz CT molecular complexity index is 239. The van der Waals surface area contributed by atoms with Crippen molar-refractivity contribution in [1.29, 1.82) is 0 Å². The highest BCUT2D eigenvalue weighted by molar-refractivity contribution is 8.07. The molecule has 0 aliphatic heterocycles. The Labute approximate surface area is 77.9 Å². The molecule has 0 heterocycles. The first-order valence-corrected chi connectivity index (χ1v) is 4.32. The van der Waals surface area contributed by atoms with Crippen LogP contribution in [0.5, 0.6) is 0 Å². The first kappa shape index (κ1) is 11.0. The lowest BCUT2D eigenvalue weighted by Crippen LogP contribution is -2.11. The second kappa shape index (κ2) is 5.66. The van der Waals surface area contributed by atoms with Crippen molar-refractivity contribution < 1.29 is 0 Å². The molecule has 3 heteroatoms. The quantitative estimate of drug-likeness (QED) is 0.411. The molecule has 0 unspecified atom stereocenters. The molecule has 0 fully saturated rings. The van der Waals surface area contributed by atoms with Gasteiger partial charge in [0.1, 0.15) is 5.84 Å². The molecule has 12 heavy (non-hydrogen) atoms. The van der Waals surface area contributed by atoms with Crippen LogP contribution in [0.4, 0.5) is 0 Å². The Morgan fingerprint density at radius 2 is 2.17 bits per heavy atom. The van der Waals surface area contributed by atoms with Gasteiger partial charge in [-0.05, 0) is 11.8 Å². The lowest BCUT2D eigenvalue weighted by atomic mass is 10.5. The molecule has 0 rings (SSSR count).